The van der Waals surface area contributed by atoms with Crippen molar-refractivity contribution >= 4 is 11.9 Å². The highest BCUT2D eigenvalue weighted by atomic mass is 19.1. The predicted octanol–water partition coefficient (Wildman–Crippen LogP) is 2.29. The highest BCUT2D eigenvalue weighted by Crippen LogP contribution is 2.15. The third-order valence-electron chi connectivity index (χ3n) is 3.71. The van der Waals surface area contributed by atoms with Crippen LogP contribution in [0.3, 0.4) is 0 Å². The molecule has 1 saturated heterocycles. The summed E-state index contributed by atoms with van der Waals surface area (Å²) in [4.78, 5) is 22.6. The Morgan fingerprint density at radius 1 is 1.17 bits per heavy atom. The van der Waals surface area contributed by atoms with Gasteiger partial charge in [-0.25, -0.2) is 18.7 Å². The minimum absolute atomic E-state index is 0.0793. The number of carbonyl (C=O) groups is 1. The van der Waals surface area contributed by atoms with Crippen molar-refractivity contribution < 1.29 is 13.6 Å². The fraction of sp³-hybridized carbons (Fsp3) is 0.312. The largest absolute Gasteiger partial charge is 0.346 e. The Hall–Kier alpha value is -2.57. The van der Waals surface area contributed by atoms with Crippen LogP contribution in [0, 0.1) is 11.6 Å². The minimum atomic E-state index is -0.886. The van der Waals surface area contributed by atoms with Crippen molar-refractivity contribution in [2.24, 2.45) is 0 Å². The summed E-state index contributed by atoms with van der Waals surface area (Å²) in [6.45, 7) is 1.91. The first-order chi connectivity index (χ1) is 11.1. The SMILES string of the molecule is O=C(NCc1ccnc(N2CCCC2)n1)c1c(F)cccc1F. The Morgan fingerprint density at radius 2 is 1.87 bits per heavy atom. The molecule has 23 heavy (non-hydrogen) atoms. The van der Waals surface area contributed by atoms with E-state index < -0.39 is 23.1 Å². The average Bonchev–Trinajstić information content (AvgIpc) is 3.07. The van der Waals surface area contributed by atoms with Gasteiger partial charge >= 0.3 is 0 Å². The summed E-state index contributed by atoms with van der Waals surface area (Å²) in [5.74, 6) is -1.96. The summed E-state index contributed by atoms with van der Waals surface area (Å²) in [7, 11) is 0. The predicted molar refractivity (Wildman–Crippen MR) is 81.0 cm³/mol. The van der Waals surface area contributed by atoms with Gasteiger partial charge in [0.1, 0.15) is 17.2 Å². The van der Waals surface area contributed by atoms with Gasteiger partial charge < -0.3 is 10.2 Å². The van der Waals surface area contributed by atoms with Crippen molar-refractivity contribution in [3.05, 3.63) is 53.4 Å². The van der Waals surface area contributed by atoms with E-state index >= 15 is 0 Å². The number of anilines is 1. The highest BCUT2D eigenvalue weighted by Gasteiger charge is 2.18. The number of hydrogen-bond acceptors (Lipinski definition) is 4. The van der Waals surface area contributed by atoms with Gasteiger partial charge in [0.05, 0.1) is 12.2 Å². The maximum Gasteiger partial charge on any atom is 0.257 e. The Bertz CT molecular complexity index is 697. The van der Waals surface area contributed by atoms with E-state index in [1.807, 2.05) is 0 Å². The topological polar surface area (TPSA) is 58.1 Å². The minimum Gasteiger partial charge on any atom is -0.346 e. The number of hydrogen-bond donors (Lipinski definition) is 1. The van der Waals surface area contributed by atoms with Gasteiger partial charge in [-0.3, -0.25) is 4.79 Å². The van der Waals surface area contributed by atoms with Crippen LogP contribution in [-0.2, 0) is 6.54 Å². The summed E-state index contributed by atoms with van der Waals surface area (Å²) in [6, 6.07) is 4.98. The van der Waals surface area contributed by atoms with Crippen LogP contribution in [0.15, 0.2) is 30.5 Å². The van der Waals surface area contributed by atoms with Crippen LogP contribution in [0.25, 0.3) is 0 Å². The van der Waals surface area contributed by atoms with Crippen molar-refractivity contribution in [3.8, 4) is 0 Å². The summed E-state index contributed by atoms with van der Waals surface area (Å²) in [5, 5.41) is 2.49. The molecule has 1 aliphatic heterocycles. The van der Waals surface area contributed by atoms with Crippen LogP contribution in [0.1, 0.15) is 28.9 Å². The first-order valence-electron chi connectivity index (χ1n) is 7.44. The van der Waals surface area contributed by atoms with Gasteiger partial charge in [0.15, 0.2) is 0 Å². The molecule has 1 aromatic carbocycles. The normalized spacial score (nSPS) is 14.1. The van der Waals surface area contributed by atoms with E-state index in [1.54, 1.807) is 12.3 Å². The van der Waals surface area contributed by atoms with Gasteiger partial charge in [0, 0.05) is 19.3 Å². The number of benzene rings is 1. The van der Waals surface area contributed by atoms with Gasteiger partial charge in [-0.05, 0) is 31.0 Å². The molecule has 0 saturated carbocycles. The van der Waals surface area contributed by atoms with E-state index in [0.29, 0.717) is 11.6 Å². The Kier molecular flexibility index (Phi) is 4.45. The molecule has 1 aliphatic rings. The Morgan fingerprint density at radius 3 is 2.57 bits per heavy atom. The lowest BCUT2D eigenvalue weighted by atomic mass is 10.2. The van der Waals surface area contributed by atoms with Crippen LogP contribution < -0.4 is 10.2 Å². The molecular formula is C16H16F2N4O. The molecule has 3 rings (SSSR count). The number of nitrogens with zero attached hydrogens (tertiary/aromatic N) is 3. The molecule has 0 spiro atoms. The summed E-state index contributed by atoms with van der Waals surface area (Å²) in [5.41, 5.74) is 0.00770. The molecule has 7 heteroatoms. The van der Waals surface area contributed by atoms with Crippen molar-refractivity contribution in [2.75, 3.05) is 18.0 Å². The standard InChI is InChI=1S/C16H16F2N4O/c17-12-4-3-5-13(18)14(12)15(23)20-10-11-6-7-19-16(21-11)22-8-1-2-9-22/h3-7H,1-2,8-10H2,(H,20,23). The van der Waals surface area contributed by atoms with Gasteiger partial charge in [-0.15, -0.1) is 0 Å². The van der Waals surface area contributed by atoms with Gasteiger partial charge in [0.25, 0.3) is 5.91 Å². The molecule has 1 amide bonds. The van der Waals surface area contributed by atoms with Crippen LogP contribution >= 0.6 is 0 Å². The van der Waals surface area contributed by atoms with Gasteiger partial charge in [-0.2, -0.15) is 0 Å². The molecule has 120 valence electrons. The van der Waals surface area contributed by atoms with E-state index in [9.17, 15) is 13.6 Å². The van der Waals surface area contributed by atoms with E-state index in [-0.39, 0.29) is 6.54 Å². The summed E-state index contributed by atoms with van der Waals surface area (Å²) >= 11 is 0. The quantitative estimate of drug-likeness (QED) is 0.940. The van der Waals surface area contributed by atoms with Crippen LogP contribution in [-0.4, -0.2) is 29.0 Å². The highest BCUT2D eigenvalue weighted by molar-refractivity contribution is 5.94. The van der Waals surface area contributed by atoms with Crippen molar-refractivity contribution in [3.63, 3.8) is 0 Å². The zero-order valence-corrected chi connectivity index (χ0v) is 12.4. The second-order valence-electron chi connectivity index (χ2n) is 5.32. The summed E-state index contributed by atoms with van der Waals surface area (Å²) in [6.07, 6.45) is 3.83. The first kappa shape index (κ1) is 15.3. The van der Waals surface area contributed by atoms with Crippen molar-refractivity contribution in [1.29, 1.82) is 0 Å². The average molecular weight is 318 g/mol. The number of aromatic nitrogens is 2. The fourth-order valence-corrected chi connectivity index (χ4v) is 2.53. The third-order valence-corrected chi connectivity index (χ3v) is 3.71. The number of nitrogens with one attached hydrogen (secondary N) is 1. The third kappa shape index (κ3) is 3.44. The molecule has 0 unspecified atom stereocenters. The zero-order valence-electron chi connectivity index (χ0n) is 12.4. The molecule has 5 nitrogen and oxygen atoms in total. The van der Waals surface area contributed by atoms with E-state index in [4.69, 9.17) is 0 Å². The molecule has 1 aromatic heterocycles. The Balaban J connectivity index is 1.68. The van der Waals surface area contributed by atoms with Crippen molar-refractivity contribution in [1.82, 2.24) is 15.3 Å². The molecule has 1 N–H and O–H groups in total. The number of rotatable bonds is 4. The maximum atomic E-state index is 13.6. The lowest BCUT2D eigenvalue weighted by molar-refractivity contribution is 0.0942. The maximum absolute atomic E-state index is 13.6. The fourth-order valence-electron chi connectivity index (χ4n) is 2.53. The molecule has 2 aromatic rings. The molecule has 1 fully saturated rings. The zero-order chi connectivity index (χ0) is 16.2. The van der Waals surface area contributed by atoms with Gasteiger partial charge in [0.2, 0.25) is 5.95 Å². The summed E-state index contributed by atoms with van der Waals surface area (Å²) < 4.78 is 27.1. The van der Waals surface area contributed by atoms with E-state index in [2.05, 4.69) is 20.2 Å². The molecule has 0 radical (unpaired) electrons. The molecule has 0 atom stereocenters. The van der Waals surface area contributed by atoms with Crippen LogP contribution in [0.4, 0.5) is 14.7 Å². The van der Waals surface area contributed by atoms with Crippen LogP contribution in [0.2, 0.25) is 0 Å². The van der Waals surface area contributed by atoms with E-state index in [1.165, 1.54) is 6.07 Å². The van der Waals surface area contributed by atoms with Crippen molar-refractivity contribution in [2.45, 2.75) is 19.4 Å². The number of amides is 1. The lowest BCUT2D eigenvalue weighted by Gasteiger charge is -2.15. The second kappa shape index (κ2) is 6.68. The smallest absolute Gasteiger partial charge is 0.257 e. The molecule has 0 bridgehead atoms. The monoisotopic (exact) mass is 318 g/mol. The number of carbonyl (C=O) groups excluding carboxylic acids is 1. The first-order valence-corrected chi connectivity index (χ1v) is 7.44. The molecule has 0 aliphatic carbocycles. The second-order valence-corrected chi connectivity index (χ2v) is 5.32. The van der Waals surface area contributed by atoms with Gasteiger partial charge in [-0.1, -0.05) is 6.07 Å². The number of halogens is 2. The Labute approximate surface area is 132 Å². The van der Waals surface area contributed by atoms with Crippen LogP contribution in [0.5, 0.6) is 0 Å². The lowest BCUT2D eigenvalue weighted by Crippen LogP contribution is -2.26. The molecular weight excluding hydrogens is 302 g/mol. The molecule has 2 heterocycles. The van der Waals surface area contributed by atoms with E-state index in [0.717, 1.165) is 38.1 Å².